The van der Waals surface area contributed by atoms with Crippen molar-refractivity contribution in [3.63, 3.8) is 0 Å². The van der Waals surface area contributed by atoms with Gasteiger partial charge < -0.3 is 10.1 Å². The molecule has 0 saturated heterocycles. The van der Waals surface area contributed by atoms with E-state index in [0.29, 0.717) is 16.5 Å². The van der Waals surface area contributed by atoms with E-state index in [1.54, 1.807) is 37.3 Å². The van der Waals surface area contributed by atoms with Crippen LogP contribution in [0.25, 0.3) is 0 Å². The van der Waals surface area contributed by atoms with E-state index in [1.165, 1.54) is 0 Å². The van der Waals surface area contributed by atoms with Gasteiger partial charge in [0.2, 0.25) is 0 Å². The number of hydrogen-bond acceptors (Lipinski definition) is 3. The number of rotatable bonds is 4. The summed E-state index contributed by atoms with van der Waals surface area (Å²) >= 11 is 17.5. The lowest BCUT2D eigenvalue weighted by Crippen LogP contribution is -2.21. The maximum Gasteiger partial charge on any atom is 0.262 e. The molecule has 1 N–H and O–H groups in total. The molecule has 2 rings (SSSR count). The maximum atomic E-state index is 11.9. The largest absolute Gasteiger partial charge is 0.484 e. The minimum absolute atomic E-state index is 0.139. The Balaban J connectivity index is 1.97. The van der Waals surface area contributed by atoms with Gasteiger partial charge >= 0.3 is 0 Å². The minimum Gasteiger partial charge on any atom is -0.484 e. The van der Waals surface area contributed by atoms with Gasteiger partial charge in [-0.25, -0.2) is 4.98 Å². The highest BCUT2D eigenvalue weighted by Crippen LogP contribution is 2.26. The quantitative estimate of drug-likeness (QED) is 0.837. The fraction of sp³-hybridized carbons (Fsp3) is 0.143. The summed E-state index contributed by atoms with van der Waals surface area (Å²) in [5.74, 6) is 0.200. The van der Waals surface area contributed by atoms with Crippen LogP contribution in [0, 0.1) is 6.92 Å². The smallest absolute Gasteiger partial charge is 0.262 e. The minimum atomic E-state index is -0.348. The van der Waals surface area contributed by atoms with E-state index < -0.39 is 0 Å². The lowest BCUT2D eigenvalue weighted by molar-refractivity contribution is -0.118. The number of carbonyl (C=O) groups excluding carboxylic acids is 1. The number of benzene rings is 1. The first-order chi connectivity index (χ1) is 9.95. The molecule has 1 heterocycles. The highest BCUT2D eigenvalue weighted by atomic mass is 35.5. The van der Waals surface area contributed by atoms with Crippen LogP contribution in [-0.4, -0.2) is 17.5 Å². The topological polar surface area (TPSA) is 51.2 Å². The fourth-order valence-corrected chi connectivity index (χ4v) is 2.31. The Hall–Kier alpha value is -1.49. The summed E-state index contributed by atoms with van der Waals surface area (Å²) < 4.78 is 5.34. The van der Waals surface area contributed by atoms with Gasteiger partial charge in [0.25, 0.3) is 5.91 Å². The van der Waals surface area contributed by atoms with Gasteiger partial charge in [-0.1, -0.05) is 34.8 Å². The summed E-state index contributed by atoms with van der Waals surface area (Å²) in [5, 5.41) is 3.65. The molecule has 0 fully saturated rings. The van der Waals surface area contributed by atoms with Crippen LogP contribution in [-0.2, 0) is 4.79 Å². The molecule has 0 aliphatic carbocycles. The number of carbonyl (C=O) groups is 1. The van der Waals surface area contributed by atoms with Gasteiger partial charge in [-0.15, -0.1) is 0 Å². The molecule has 0 aliphatic rings. The third-order valence-corrected chi connectivity index (χ3v) is 3.31. The Labute approximate surface area is 137 Å². The number of ether oxygens (including phenoxy) is 1. The number of nitrogens with one attached hydrogen (secondary N) is 1. The molecule has 1 amide bonds. The summed E-state index contributed by atoms with van der Waals surface area (Å²) in [4.78, 5) is 15.7. The predicted molar refractivity (Wildman–Crippen MR) is 84.6 cm³/mol. The van der Waals surface area contributed by atoms with Crippen molar-refractivity contribution in [2.45, 2.75) is 6.92 Å². The monoisotopic (exact) mass is 344 g/mol. The van der Waals surface area contributed by atoms with Gasteiger partial charge in [0.1, 0.15) is 10.9 Å². The van der Waals surface area contributed by atoms with Crippen molar-refractivity contribution >= 4 is 46.4 Å². The van der Waals surface area contributed by atoms with Gasteiger partial charge in [-0.05, 0) is 42.8 Å². The molecule has 0 bridgehead atoms. The summed E-state index contributed by atoms with van der Waals surface area (Å²) in [6.07, 6.45) is 0. The van der Waals surface area contributed by atoms with E-state index in [-0.39, 0.29) is 22.8 Å². The Bertz CT molecular complexity index is 637. The first-order valence-electron chi connectivity index (χ1n) is 5.96. The van der Waals surface area contributed by atoms with Gasteiger partial charge in [0.15, 0.2) is 11.8 Å². The zero-order chi connectivity index (χ0) is 15.4. The van der Waals surface area contributed by atoms with Gasteiger partial charge in [-0.3, -0.25) is 4.79 Å². The summed E-state index contributed by atoms with van der Waals surface area (Å²) in [6, 6.07) is 8.33. The van der Waals surface area contributed by atoms with Crippen LogP contribution in [0.15, 0.2) is 30.3 Å². The highest BCUT2D eigenvalue weighted by molar-refractivity contribution is 6.34. The van der Waals surface area contributed by atoms with E-state index in [0.717, 1.165) is 5.56 Å². The van der Waals surface area contributed by atoms with Crippen LogP contribution in [0.3, 0.4) is 0 Å². The maximum absolute atomic E-state index is 11.9. The zero-order valence-corrected chi connectivity index (χ0v) is 13.3. The summed E-state index contributed by atoms with van der Waals surface area (Å²) in [5.41, 5.74) is 1.14. The van der Waals surface area contributed by atoms with Crippen LogP contribution >= 0.6 is 34.8 Å². The van der Waals surface area contributed by atoms with Crippen LogP contribution in [0.4, 0.5) is 5.69 Å². The fourth-order valence-electron chi connectivity index (χ4n) is 1.60. The number of hydrogen-bond donors (Lipinski definition) is 1. The van der Waals surface area contributed by atoms with Crippen LogP contribution < -0.4 is 10.1 Å². The molecule has 0 atom stereocenters. The number of aromatic nitrogens is 1. The number of anilines is 1. The molecule has 21 heavy (non-hydrogen) atoms. The number of nitrogens with zero attached hydrogens (tertiary/aromatic N) is 1. The molecule has 7 heteroatoms. The molecule has 0 aliphatic heterocycles. The van der Waals surface area contributed by atoms with Gasteiger partial charge in [0.05, 0.1) is 5.69 Å². The van der Waals surface area contributed by atoms with Crippen molar-refractivity contribution < 1.29 is 9.53 Å². The number of halogens is 3. The van der Waals surface area contributed by atoms with Gasteiger partial charge in [0, 0.05) is 5.02 Å². The van der Waals surface area contributed by atoms with E-state index in [4.69, 9.17) is 39.5 Å². The Kier molecular flexibility index (Phi) is 5.28. The number of aryl methyl sites for hydroxylation is 1. The lowest BCUT2D eigenvalue weighted by Gasteiger charge is -2.11. The molecule has 2 aromatic rings. The van der Waals surface area contributed by atoms with Crippen molar-refractivity contribution in [3.8, 4) is 5.75 Å². The van der Waals surface area contributed by atoms with Crippen molar-refractivity contribution in [1.82, 2.24) is 4.98 Å². The van der Waals surface area contributed by atoms with Gasteiger partial charge in [-0.2, -0.15) is 0 Å². The molecule has 0 saturated carbocycles. The predicted octanol–water partition coefficient (Wildman–Crippen LogP) is 4.37. The second-order valence-electron chi connectivity index (χ2n) is 4.22. The third kappa shape index (κ3) is 4.49. The molecule has 1 aromatic carbocycles. The lowest BCUT2D eigenvalue weighted by atomic mass is 10.2. The second-order valence-corrected chi connectivity index (χ2v) is 5.40. The normalized spacial score (nSPS) is 10.3. The van der Waals surface area contributed by atoms with Crippen molar-refractivity contribution in [3.05, 3.63) is 51.2 Å². The van der Waals surface area contributed by atoms with Crippen LogP contribution in [0.5, 0.6) is 5.75 Å². The SMILES string of the molecule is Cc1cc(Cl)nc(Cl)c1NC(=O)COc1ccc(Cl)cc1. The van der Waals surface area contributed by atoms with E-state index >= 15 is 0 Å². The molecule has 1 aromatic heterocycles. The van der Waals surface area contributed by atoms with Crippen LogP contribution in [0.2, 0.25) is 15.3 Å². The van der Waals surface area contributed by atoms with E-state index in [9.17, 15) is 4.79 Å². The van der Waals surface area contributed by atoms with E-state index in [1.807, 2.05) is 0 Å². The molecule has 110 valence electrons. The van der Waals surface area contributed by atoms with Crippen molar-refractivity contribution in [2.75, 3.05) is 11.9 Å². The average Bonchev–Trinajstić information content (AvgIpc) is 2.42. The molecule has 0 unspecified atom stereocenters. The van der Waals surface area contributed by atoms with Crippen LogP contribution in [0.1, 0.15) is 5.56 Å². The Morgan fingerprint density at radius 1 is 1.24 bits per heavy atom. The van der Waals surface area contributed by atoms with Crippen molar-refractivity contribution in [2.24, 2.45) is 0 Å². The third-order valence-electron chi connectivity index (χ3n) is 2.59. The highest BCUT2D eigenvalue weighted by Gasteiger charge is 2.11. The summed E-state index contributed by atoms with van der Waals surface area (Å²) in [6.45, 7) is 1.62. The standard InChI is InChI=1S/C14H11Cl3N2O2/c1-8-6-11(16)18-14(17)13(8)19-12(20)7-21-10-4-2-9(15)3-5-10/h2-6H,7H2,1H3,(H,19,20). The number of amides is 1. The first kappa shape index (κ1) is 15.9. The second kappa shape index (κ2) is 6.98. The number of pyridine rings is 1. The van der Waals surface area contributed by atoms with Crippen molar-refractivity contribution in [1.29, 1.82) is 0 Å². The summed E-state index contributed by atoms with van der Waals surface area (Å²) in [7, 11) is 0. The molecular weight excluding hydrogens is 335 g/mol. The first-order valence-corrected chi connectivity index (χ1v) is 7.10. The molecule has 0 spiro atoms. The average molecular weight is 346 g/mol. The Morgan fingerprint density at radius 3 is 2.52 bits per heavy atom. The molecular formula is C14H11Cl3N2O2. The Morgan fingerprint density at radius 2 is 1.90 bits per heavy atom. The molecule has 4 nitrogen and oxygen atoms in total. The molecule has 0 radical (unpaired) electrons. The van der Waals surface area contributed by atoms with E-state index in [2.05, 4.69) is 10.3 Å². The zero-order valence-electron chi connectivity index (χ0n) is 11.0.